The van der Waals surface area contributed by atoms with E-state index in [9.17, 15) is 13.6 Å². The lowest BCUT2D eigenvalue weighted by Gasteiger charge is -2.14. The maximum absolute atomic E-state index is 13.5. The Balaban J connectivity index is 1.78. The Kier molecular flexibility index (Phi) is 6.54. The molecule has 0 saturated carbocycles. The van der Waals surface area contributed by atoms with Crippen molar-refractivity contribution in [2.75, 3.05) is 25.6 Å². The molecule has 3 rings (SSSR count). The molecule has 0 spiro atoms. The average Bonchev–Trinajstić information content (AvgIpc) is 3.19. The molecule has 8 heteroatoms. The molecule has 1 aliphatic rings. The van der Waals surface area contributed by atoms with Crippen LogP contribution in [0, 0.1) is 11.6 Å². The van der Waals surface area contributed by atoms with E-state index in [-0.39, 0.29) is 17.8 Å². The number of guanidine groups is 1. The fourth-order valence-electron chi connectivity index (χ4n) is 2.80. The van der Waals surface area contributed by atoms with E-state index in [1.165, 1.54) is 7.11 Å². The third-order valence-corrected chi connectivity index (χ3v) is 4.17. The first-order chi connectivity index (χ1) is 13.5. The number of amides is 1. The van der Waals surface area contributed by atoms with E-state index in [1.54, 1.807) is 24.3 Å². The highest BCUT2D eigenvalue weighted by molar-refractivity contribution is 6.10. The van der Waals surface area contributed by atoms with E-state index in [1.807, 2.05) is 0 Å². The minimum Gasteiger partial charge on any atom is -0.497 e. The molecule has 6 nitrogen and oxygen atoms in total. The highest BCUT2D eigenvalue weighted by Crippen LogP contribution is 2.15. The number of carbonyl (C=O) groups excluding carboxylic acids is 1. The Morgan fingerprint density at radius 3 is 2.71 bits per heavy atom. The van der Waals surface area contributed by atoms with E-state index in [2.05, 4.69) is 15.6 Å². The predicted molar refractivity (Wildman–Crippen MR) is 102 cm³/mol. The molecule has 148 valence electrons. The van der Waals surface area contributed by atoms with Crippen LogP contribution in [0.15, 0.2) is 47.5 Å². The SMILES string of the molecule is COc1cccc(C(=O)NC(=NCC2CCCO2)Nc2cc(F)cc(F)c2)c1. The molecule has 1 amide bonds. The zero-order valence-electron chi connectivity index (χ0n) is 15.4. The highest BCUT2D eigenvalue weighted by atomic mass is 19.1. The maximum atomic E-state index is 13.5. The van der Waals surface area contributed by atoms with Crippen LogP contribution in [-0.2, 0) is 4.74 Å². The van der Waals surface area contributed by atoms with Crippen molar-refractivity contribution in [3.63, 3.8) is 0 Å². The normalized spacial score (nSPS) is 16.7. The number of nitrogens with zero attached hydrogens (tertiary/aromatic N) is 1. The van der Waals surface area contributed by atoms with Crippen LogP contribution >= 0.6 is 0 Å². The Hall–Kier alpha value is -3.00. The molecule has 0 radical (unpaired) electrons. The van der Waals surface area contributed by atoms with Crippen molar-refractivity contribution in [2.45, 2.75) is 18.9 Å². The van der Waals surface area contributed by atoms with Crippen LogP contribution in [0.1, 0.15) is 23.2 Å². The van der Waals surface area contributed by atoms with E-state index >= 15 is 0 Å². The summed E-state index contributed by atoms with van der Waals surface area (Å²) in [4.78, 5) is 16.9. The van der Waals surface area contributed by atoms with Crippen molar-refractivity contribution in [3.8, 4) is 5.75 Å². The molecule has 1 aliphatic heterocycles. The van der Waals surface area contributed by atoms with Gasteiger partial charge in [0.1, 0.15) is 17.4 Å². The lowest BCUT2D eigenvalue weighted by atomic mass is 10.2. The number of ether oxygens (including phenoxy) is 2. The quantitative estimate of drug-likeness (QED) is 0.608. The summed E-state index contributed by atoms with van der Waals surface area (Å²) in [5.41, 5.74) is 0.492. The van der Waals surface area contributed by atoms with Gasteiger partial charge in [-0.3, -0.25) is 10.1 Å². The first-order valence-corrected chi connectivity index (χ1v) is 8.88. The van der Waals surface area contributed by atoms with Crippen LogP contribution in [0.3, 0.4) is 0 Å². The van der Waals surface area contributed by atoms with E-state index in [0.717, 1.165) is 31.0 Å². The summed E-state index contributed by atoms with van der Waals surface area (Å²) in [6.45, 7) is 0.993. The minimum absolute atomic E-state index is 0.0465. The Morgan fingerprint density at radius 1 is 1.25 bits per heavy atom. The van der Waals surface area contributed by atoms with Crippen LogP contribution in [0.5, 0.6) is 5.75 Å². The van der Waals surface area contributed by atoms with Crippen LogP contribution in [-0.4, -0.2) is 38.2 Å². The number of halogens is 2. The molecule has 1 heterocycles. The van der Waals surface area contributed by atoms with Crippen LogP contribution in [0.25, 0.3) is 0 Å². The van der Waals surface area contributed by atoms with Gasteiger partial charge in [-0.2, -0.15) is 0 Å². The fraction of sp³-hybridized carbons (Fsp3) is 0.300. The molecule has 2 aromatic carbocycles. The molecule has 0 aromatic heterocycles. The van der Waals surface area contributed by atoms with E-state index < -0.39 is 17.5 Å². The van der Waals surface area contributed by atoms with Gasteiger partial charge in [-0.1, -0.05) is 6.07 Å². The number of benzene rings is 2. The zero-order valence-corrected chi connectivity index (χ0v) is 15.4. The van der Waals surface area contributed by atoms with Gasteiger partial charge in [0.25, 0.3) is 5.91 Å². The molecular formula is C20H21F2N3O3. The van der Waals surface area contributed by atoms with Crippen LogP contribution in [0.4, 0.5) is 14.5 Å². The van der Waals surface area contributed by atoms with Crippen molar-refractivity contribution >= 4 is 17.6 Å². The van der Waals surface area contributed by atoms with Crippen molar-refractivity contribution in [1.82, 2.24) is 5.32 Å². The number of rotatable bonds is 5. The van der Waals surface area contributed by atoms with E-state index in [4.69, 9.17) is 9.47 Å². The second-order valence-corrected chi connectivity index (χ2v) is 6.29. The Bertz CT molecular complexity index is 847. The molecule has 28 heavy (non-hydrogen) atoms. The van der Waals surface area contributed by atoms with Gasteiger partial charge in [0.15, 0.2) is 0 Å². The predicted octanol–water partition coefficient (Wildman–Crippen LogP) is 3.35. The van der Waals surface area contributed by atoms with Gasteiger partial charge >= 0.3 is 0 Å². The summed E-state index contributed by atoms with van der Waals surface area (Å²) < 4.78 is 37.6. The van der Waals surface area contributed by atoms with Crippen molar-refractivity contribution in [1.29, 1.82) is 0 Å². The number of aliphatic imine (C=N–C) groups is 1. The molecule has 0 aliphatic carbocycles. The summed E-state index contributed by atoms with van der Waals surface area (Å²) in [7, 11) is 1.51. The fourth-order valence-corrected chi connectivity index (χ4v) is 2.80. The van der Waals surface area contributed by atoms with Crippen molar-refractivity contribution < 1.29 is 23.0 Å². The summed E-state index contributed by atoms with van der Waals surface area (Å²) in [6, 6.07) is 9.60. The smallest absolute Gasteiger partial charge is 0.258 e. The summed E-state index contributed by atoms with van der Waals surface area (Å²) in [5.74, 6) is -1.30. The van der Waals surface area contributed by atoms with Gasteiger partial charge in [0.05, 0.1) is 19.8 Å². The summed E-state index contributed by atoms with van der Waals surface area (Å²) in [6.07, 6.45) is 1.78. The van der Waals surface area contributed by atoms with Gasteiger partial charge in [-0.25, -0.2) is 13.8 Å². The lowest BCUT2D eigenvalue weighted by molar-refractivity contribution is 0.0975. The number of nitrogens with one attached hydrogen (secondary N) is 2. The monoisotopic (exact) mass is 389 g/mol. The molecule has 2 N–H and O–H groups in total. The highest BCUT2D eigenvalue weighted by Gasteiger charge is 2.16. The molecular weight excluding hydrogens is 368 g/mol. The molecule has 1 atom stereocenters. The molecule has 2 aromatic rings. The summed E-state index contributed by atoms with van der Waals surface area (Å²) in [5, 5.41) is 5.41. The number of hydrogen-bond acceptors (Lipinski definition) is 4. The zero-order chi connectivity index (χ0) is 19.9. The molecule has 1 unspecified atom stereocenters. The number of carbonyl (C=O) groups is 1. The third-order valence-electron chi connectivity index (χ3n) is 4.17. The largest absolute Gasteiger partial charge is 0.497 e. The summed E-state index contributed by atoms with van der Waals surface area (Å²) >= 11 is 0. The Morgan fingerprint density at radius 2 is 2.04 bits per heavy atom. The van der Waals surface area contributed by atoms with Crippen molar-refractivity contribution in [3.05, 3.63) is 59.7 Å². The van der Waals surface area contributed by atoms with Crippen molar-refractivity contribution in [2.24, 2.45) is 4.99 Å². The Labute approximate surface area is 161 Å². The second kappa shape index (κ2) is 9.27. The standard InChI is InChI=1S/C20H21F2N3O3/c1-27-17-5-2-4-13(8-17)19(26)25-20(23-12-18-6-3-7-28-18)24-16-10-14(21)9-15(22)11-16/h2,4-5,8-11,18H,3,6-7,12H2,1H3,(H2,23,24,25,26). The first-order valence-electron chi connectivity index (χ1n) is 8.88. The van der Waals surface area contributed by atoms with Gasteiger partial charge in [-0.15, -0.1) is 0 Å². The second-order valence-electron chi connectivity index (χ2n) is 6.29. The number of hydrogen-bond donors (Lipinski definition) is 2. The first kappa shape index (κ1) is 19.8. The molecule has 1 fully saturated rings. The average molecular weight is 389 g/mol. The molecule has 1 saturated heterocycles. The van der Waals surface area contributed by atoms with Gasteiger partial charge in [0.2, 0.25) is 5.96 Å². The van der Waals surface area contributed by atoms with E-state index in [0.29, 0.717) is 24.5 Å². The van der Waals surface area contributed by atoms with Gasteiger partial charge in [0, 0.05) is 23.9 Å². The molecule has 0 bridgehead atoms. The number of methoxy groups -OCH3 is 1. The number of anilines is 1. The van der Waals surface area contributed by atoms with Crippen LogP contribution < -0.4 is 15.4 Å². The van der Waals surface area contributed by atoms with Crippen LogP contribution in [0.2, 0.25) is 0 Å². The topological polar surface area (TPSA) is 72.0 Å². The minimum atomic E-state index is -0.736. The third kappa shape index (κ3) is 5.50. The van der Waals surface area contributed by atoms with Gasteiger partial charge in [-0.05, 0) is 43.2 Å². The maximum Gasteiger partial charge on any atom is 0.258 e. The lowest BCUT2D eigenvalue weighted by Crippen LogP contribution is -2.36. The van der Waals surface area contributed by atoms with Gasteiger partial charge < -0.3 is 14.8 Å².